The zero-order chi connectivity index (χ0) is 20.6. The van der Waals surface area contributed by atoms with Gasteiger partial charge in [0.15, 0.2) is 11.5 Å². The molecule has 0 atom stereocenters. The fraction of sp³-hybridized carbons (Fsp3) is 0.190. The minimum absolute atomic E-state index is 0.282. The van der Waals surface area contributed by atoms with Gasteiger partial charge in [-0.1, -0.05) is 18.2 Å². The maximum atomic E-state index is 13.6. The van der Waals surface area contributed by atoms with Crippen molar-refractivity contribution in [2.75, 3.05) is 26.1 Å². The molecule has 3 rings (SSSR count). The van der Waals surface area contributed by atoms with Crippen LogP contribution < -0.4 is 20.1 Å². The Morgan fingerprint density at radius 1 is 1.03 bits per heavy atom. The van der Waals surface area contributed by atoms with Gasteiger partial charge in [0.1, 0.15) is 5.82 Å². The van der Waals surface area contributed by atoms with Crippen LogP contribution in [0.5, 0.6) is 11.5 Å². The van der Waals surface area contributed by atoms with Gasteiger partial charge in [-0.05, 0) is 30.2 Å². The largest absolute Gasteiger partial charge is 0.493 e. The fourth-order valence-corrected chi connectivity index (χ4v) is 2.67. The summed E-state index contributed by atoms with van der Waals surface area (Å²) in [6, 6.07) is 11.8. The molecule has 7 nitrogen and oxygen atoms in total. The summed E-state index contributed by atoms with van der Waals surface area (Å²) in [7, 11) is 3.12. The Morgan fingerprint density at radius 2 is 1.76 bits per heavy atom. The molecule has 0 unspecified atom stereocenters. The number of nitrogens with zero attached hydrogens (tertiary/aromatic N) is 2. The first kappa shape index (κ1) is 20.1. The van der Waals surface area contributed by atoms with E-state index in [1.54, 1.807) is 50.6 Å². The number of aromatic nitrogens is 2. The van der Waals surface area contributed by atoms with Gasteiger partial charge < -0.3 is 20.1 Å². The van der Waals surface area contributed by atoms with Gasteiger partial charge in [-0.2, -0.15) is 0 Å². The lowest BCUT2D eigenvalue weighted by atomic mass is 10.1. The molecule has 150 valence electrons. The molecule has 0 spiro atoms. The fourth-order valence-electron chi connectivity index (χ4n) is 2.67. The van der Waals surface area contributed by atoms with Crippen molar-refractivity contribution >= 4 is 17.5 Å². The molecule has 0 radical (unpaired) electrons. The first-order chi connectivity index (χ1) is 14.1. The number of halogens is 1. The van der Waals surface area contributed by atoms with Gasteiger partial charge in [-0.3, -0.25) is 4.79 Å². The highest BCUT2D eigenvalue weighted by molar-refractivity contribution is 5.93. The molecule has 0 fully saturated rings. The van der Waals surface area contributed by atoms with E-state index < -0.39 is 0 Å². The SMILES string of the molecule is COc1ccc(Nc2ncc(C(=O)NCCc3ccccc3F)cn2)cc1OC. The van der Waals surface area contributed by atoms with Gasteiger partial charge in [0.25, 0.3) is 5.91 Å². The minimum Gasteiger partial charge on any atom is -0.493 e. The molecule has 0 bridgehead atoms. The summed E-state index contributed by atoms with van der Waals surface area (Å²) in [6.45, 7) is 0.311. The highest BCUT2D eigenvalue weighted by Crippen LogP contribution is 2.30. The van der Waals surface area contributed by atoms with E-state index in [1.807, 2.05) is 0 Å². The molecule has 2 aromatic carbocycles. The second-order valence-corrected chi connectivity index (χ2v) is 6.09. The Balaban J connectivity index is 1.57. The summed E-state index contributed by atoms with van der Waals surface area (Å²) in [5.74, 6) is 0.916. The quantitative estimate of drug-likeness (QED) is 0.607. The van der Waals surface area contributed by atoms with Gasteiger partial charge in [0.2, 0.25) is 5.95 Å². The third-order valence-electron chi connectivity index (χ3n) is 4.19. The van der Waals surface area contributed by atoms with Crippen LogP contribution in [0.1, 0.15) is 15.9 Å². The summed E-state index contributed by atoms with van der Waals surface area (Å²) in [6.07, 6.45) is 3.25. The zero-order valence-electron chi connectivity index (χ0n) is 16.1. The van der Waals surface area contributed by atoms with Crippen molar-refractivity contribution in [3.63, 3.8) is 0 Å². The van der Waals surface area contributed by atoms with Crippen molar-refractivity contribution in [1.82, 2.24) is 15.3 Å². The van der Waals surface area contributed by atoms with E-state index in [0.717, 1.165) is 0 Å². The van der Waals surface area contributed by atoms with Crippen LogP contribution >= 0.6 is 0 Å². The summed E-state index contributed by atoms with van der Waals surface area (Å²) in [5, 5.41) is 5.77. The number of carbonyl (C=O) groups excluding carboxylic acids is 1. The van der Waals surface area contributed by atoms with Crippen LogP contribution in [-0.4, -0.2) is 36.6 Å². The number of nitrogens with one attached hydrogen (secondary N) is 2. The monoisotopic (exact) mass is 396 g/mol. The van der Waals surface area contributed by atoms with Crippen molar-refractivity contribution in [3.8, 4) is 11.5 Å². The molecule has 0 aliphatic heterocycles. The lowest BCUT2D eigenvalue weighted by Crippen LogP contribution is -2.26. The lowest BCUT2D eigenvalue weighted by Gasteiger charge is -2.10. The van der Waals surface area contributed by atoms with Gasteiger partial charge in [0.05, 0.1) is 19.8 Å². The lowest BCUT2D eigenvalue weighted by molar-refractivity contribution is 0.0953. The Labute approximate surface area is 167 Å². The van der Waals surface area contributed by atoms with E-state index in [4.69, 9.17) is 9.47 Å². The van der Waals surface area contributed by atoms with E-state index in [2.05, 4.69) is 20.6 Å². The van der Waals surface area contributed by atoms with Crippen LogP contribution in [0.2, 0.25) is 0 Å². The van der Waals surface area contributed by atoms with Crippen LogP contribution in [0.15, 0.2) is 54.9 Å². The molecule has 2 N–H and O–H groups in total. The topological polar surface area (TPSA) is 85.4 Å². The molecular weight excluding hydrogens is 375 g/mol. The van der Waals surface area contributed by atoms with E-state index in [0.29, 0.717) is 47.2 Å². The average Bonchev–Trinajstić information content (AvgIpc) is 2.75. The van der Waals surface area contributed by atoms with Gasteiger partial charge in [-0.15, -0.1) is 0 Å². The molecule has 29 heavy (non-hydrogen) atoms. The normalized spacial score (nSPS) is 10.3. The smallest absolute Gasteiger partial charge is 0.254 e. The number of hydrogen-bond donors (Lipinski definition) is 2. The molecule has 3 aromatic rings. The molecule has 1 aromatic heterocycles. The Bertz CT molecular complexity index is 980. The van der Waals surface area contributed by atoms with E-state index in [1.165, 1.54) is 18.5 Å². The van der Waals surface area contributed by atoms with Crippen molar-refractivity contribution < 1.29 is 18.7 Å². The molecule has 8 heteroatoms. The summed E-state index contributed by atoms with van der Waals surface area (Å²) in [5.41, 5.74) is 1.58. The predicted octanol–water partition coefficient (Wildman–Crippen LogP) is 3.35. The van der Waals surface area contributed by atoms with Crippen LogP contribution in [0.4, 0.5) is 16.0 Å². The third kappa shape index (κ3) is 5.19. The molecule has 0 aliphatic rings. The third-order valence-corrected chi connectivity index (χ3v) is 4.19. The van der Waals surface area contributed by atoms with Crippen LogP contribution in [0.3, 0.4) is 0 Å². The predicted molar refractivity (Wildman–Crippen MR) is 107 cm³/mol. The molecular formula is C21H21FN4O3. The first-order valence-corrected chi connectivity index (χ1v) is 8.93. The number of ether oxygens (including phenoxy) is 2. The number of methoxy groups -OCH3 is 2. The van der Waals surface area contributed by atoms with Crippen LogP contribution in [0, 0.1) is 5.82 Å². The maximum Gasteiger partial charge on any atom is 0.254 e. The summed E-state index contributed by atoms with van der Waals surface area (Å²) >= 11 is 0. The number of hydrogen-bond acceptors (Lipinski definition) is 6. The summed E-state index contributed by atoms with van der Waals surface area (Å²) < 4.78 is 24.1. The zero-order valence-corrected chi connectivity index (χ0v) is 16.1. The van der Waals surface area contributed by atoms with Crippen LogP contribution in [0.25, 0.3) is 0 Å². The number of amides is 1. The van der Waals surface area contributed by atoms with Gasteiger partial charge >= 0.3 is 0 Å². The van der Waals surface area contributed by atoms with Gasteiger partial charge in [-0.25, -0.2) is 14.4 Å². The van der Waals surface area contributed by atoms with Crippen molar-refractivity contribution in [3.05, 3.63) is 71.8 Å². The van der Waals surface area contributed by atoms with Crippen molar-refractivity contribution in [2.45, 2.75) is 6.42 Å². The highest BCUT2D eigenvalue weighted by Gasteiger charge is 2.09. The van der Waals surface area contributed by atoms with Crippen molar-refractivity contribution in [1.29, 1.82) is 0 Å². The number of benzene rings is 2. The van der Waals surface area contributed by atoms with Crippen molar-refractivity contribution in [2.24, 2.45) is 0 Å². The molecule has 1 heterocycles. The average molecular weight is 396 g/mol. The Morgan fingerprint density at radius 3 is 2.45 bits per heavy atom. The second-order valence-electron chi connectivity index (χ2n) is 6.09. The summed E-state index contributed by atoms with van der Waals surface area (Å²) in [4.78, 5) is 20.5. The van der Waals surface area contributed by atoms with E-state index in [-0.39, 0.29) is 11.7 Å². The Kier molecular flexibility index (Phi) is 6.57. The molecule has 0 saturated heterocycles. The van der Waals surface area contributed by atoms with E-state index >= 15 is 0 Å². The van der Waals surface area contributed by atoms with E-state index in [9.17, 15) is 9.18 Å². The maximum absolute atomic E-state index is 13.6. The molecule has 1 amide bonds. The standard InChI is InChI=1S/C21H21FN4O3/c1-28-18-8-7-16(11-19(18)29-2)26-21-24-12-15(13-25-21)20(27)23-10-9-14-5-3-4-6-17(14)22/h3-8,11-13H,9-10H2,1-2H3,(H,23,27)(H,24,25,26). The van der Waals surface area contributed by atoms with Gasteiger partial charge in [0, 0.05) is 30.7 Å². The minimum atomic E-state index is -0.320. The molecule has 0 saturated carbocycles. The number of rotatable bonds is 8. The first-order valence-electron chi connectivity index (χ1n) is 8.93. The highest BCUT2D eigenvalue weighted by atomic mass is 19.1. The Hall–Kier alpha value is -3.68. The second kappa shape index (κ2) is 9.50. The molecule has 0 aliphatic carbocycles. The number of anilines is 2. The number of carbonyl (C=O) groups is 1. The van der Waals surface area contributed by atoms with Crippen LogP contribution in [-0.2, 0) is 6.42 Å².